The van der Waals surface area contributed by atoms with Gasteiger partial charge in [0.2, 0.25) is 5.91 Å². The molecule has 0 aliphatic carbocycles. The van der Waals surface area contributed by atoms with Crippen LogP contribution in [0.2, 0.25) is 0 Å². The average molecular weight is 298 g/mol. The fourth-order valence-electron chi connectivity index (χ4n) is 3.18. The molecule has 2 heterocycles. The van der Waals surface area contributed by atoms with E-state index in [1.807, 2.05) is 0 Å². The molecule has 0 unspecified atom stereocenters. The Hall–Kier alpha value is -0.690. The zero-order valence-corrected chi connectivity index (χ0v) is 13.3. The van der Waals surface area contributed by atoms with Crippen LogP contribution in [0.3, 0.4) is 0 Å². The van der Waals surface area contributed by atoms with E-state index in [1.165, 1.54) is 0 Å². The topological polar surface area (TPSA) is 59.1 Å². The van der Waals surface area contributed by atoms with E-state index >= 15 is 0 Å². The lowest BCUT2D eigenvalue weighted by Gasteiger charge is -2.35. The lowest BCUT2D eigenvalue weighted by Crippen LogP contribution is -2.52. The molecule has 2 saturated heterocycles. The van der Waals surface area contributed by atoms with E-state index in [9.17, 15) is 4.79 Å². The van der Waals surface area contributed by atoms with Crippen LogP contribution in [0.15, 0.2) is 0 Å². The van der Waals surface area contributed by atoms with Gasteiger partial charge in [-0.15, -0.1) is 0 Å². The van der Waals surface area contributed by atoms with Gasteiger partial charge in [0.25, 0.3) is 0 Å². The van der Waals surface area contributed by atoms with Crippen molar-refractivity contribution in [3.05, 3.63) is 0 Å². The summed E-state index contributed by atoms with van der Waals surface area (Å²) in [6.45, 7) is 10.7. The molecule has 6 heteroatoms. The van der Waals surface area contributed by atoms with E-state index in [4.69, 9.17) is 5.11 Å². The SMILES string of the molecule is CCN1CCC(NC(=O)CN2CCN(CCO)CC2)CC1. The second-order valence-corrected chi connectivity index (χ2v) is 6.12. The molecule has 0 aromatic carbocycles. The Morgan fingerprint density at radius 1 is 1.05 bits per heavy atom. The zero-order chi connectivity index (χ0) is 15.1. The van der Waals surface area contributed by atoms with Gasteiger partial charge in [0.1, 0.15) is 0 Å². The molecule has 2 aliphatic heterocycles. The number of piperazine rings is 1. The number of nitrogens with zero attached hydrogens (tertiary/aromatic N) is 3. The molecule has 0 bridgehead atoms. The summed E-state index contributed by atoms with van der Waals surface area (Å²) in [7, 11) is 0. The van der Waals surface area contributed by atoms with Gasteiger partial charge in [0.05, 0.1) is 13.2 Å². The summed E-state index contributed by atoms with van der Waals surface area (Å²) in [6, 6.07) is 0.357. The van der Waals surface area contributed by atoms with Gasteiger partial charge in [-0.3, -0.25) is 14.6 Å². The number of carbonyl (C=O) groups is 1. The van der Waals surface area contributed by atoms with Gasteiger partial charge in [0.15, 0.2) is 0 Å². The number of β-amino-alcohol motifs (C(OH)–C–C–N with tert-alkyl or cyclic N) is 1. The van der Waals surface area contributed by atoms with Crippen molar-refractivity contribution in [1.82, 2.24) is 20.0 Å². The van der Waals surface area contributed by atoms with Crippen LogP contribution >= 0.6 is 0 Å². The molecule has 6 nitrogen and oxygen atoms in total. The molecule has 0 aromatic heterocycles. The van der Waals surface area contributed by atoms with Gasteiger partial charge >= 0.3 is 0 Å². The van der Waals surface area contributed by atoms with Crippen LogP contribution in [0, 0.1) is 0 Å². The number of likely N-dealkylation sites (tertiary alicyclic amines) is 1. The third-order valence-electron chi connectivity index (χ3n) is 4.65. The van der Waals surface area contributed by atoms with E-state index in [2.05, 4.69) is 26.9 Å². The second kappa shape index (κ2) is 8.68. The smallest absolute Gasteiger partial charge is 0.234 e. The third kappa shape index (κ3) is 5.54. The molecule has 0 aromatic rings. The second-order valence-electron chi connectivity index (χ2n) is 6.12. The molecule has 21 heavy (non-hydrogen) atoms. The van der Waals surface area contributed by atoms with Crippen LogP contribution in [0.4, 0.5) is 0 Å². The normalized spacial score (nSPS) is 23.3. The van der Waals surface area contributed by atoms with Crippen molar-refractivity contribution in [3.8, 4) is 0 Å². The maximum absolute atomic E-state index is 12.1. The summed E-state index contributed by atoms with van der Waals surface area (Å²) < 4.78 is 0. The monoisotopic (exact) mass is 298 g/mol. The van der Waals surface area contributed by atoms with E-state index in [1.54, 1.807) is 0 Å². The van der Waals surface area contributed by atoms with Gasteiger partial charge in [-0.1, -0.05) is 6.92 Å². The standard InChI is InChI=1S/C15H30N4O2/c1-2-17-5-3-14(4-6-17)16-15(21)13-19-9-7-18(8-10-19)11-12-20/h14,20H,2-13H2,1H3,(H,16,21). The number of hydrogen-bond donors (Lipinski definition) is 2. The van der Waals surface area contributed by atoms with Gasteiger partial charge in [-0.05, 0) is 19.4 Å². The first-order valence-electron chi connectivity index (χ1n) is 8.28. The van der Waals surface area contributed by atoms with E-state index in [0.717, 1.165) is 65.2 Å². The van der Waals surface area contributed by atoms with Crippen molar-refractivity contribution in [2.75, 3.05) is 65.5 Å². The van der Waals surface area contributed by atoms with Crippen LogP contribution in [-0.2, 0) is 4.79 Å². The summed E-state index contributed by atoms with van der Waals surface area (Å²) in [6.07, 6.45) is 2.15. The lowest BCUT2D eigenvalue weighted by atomic mass is 10.1. The van der Waals surface area contributed by atoms with Crippen molar-refractivity contribution < 1.29 is 9.90 Å². The number of amides is 1. The zero-order valence-electron chi connectivity index (χ0n) is 13.3. The van der Waals surface area contributed by atoms with E-state index < -0.39 is 0 Å². The molecular weight excluding hydrogens is 268 g/mol. The van der Waals surface area contributed by atoms with Gasteiger partial charge in [-0.25, -0.2) is 0 Å². The summed E-state index contributed by atoms with van der Waals surface area (Å²) >= 11 is 0. The molecule has 2 N–H and O–H groups in total. The highest BCUT2D eigenvalue weighted by Gasteiger charge is 2.22. The van der Waals surface area contributed by atoms with Gasteiger partial charge < -0.3 is 15.3 Å². The van der Waals surface area contributed by atoms with Crippen molar-refractivity contribution in [3.63, 3.8) is 0 Å². The number of carbonyl (C=O) groups excluding carboxylic acids is 1. The van der Waals surface area contributed by atoms with Crippen molar-refractivity contribution in [2.45, 2.75) is 25.8 Å². The number of nitrogens with one attached hydrogen (secondary N) is 1. The number of hydrogen-bond acceptors (Lipinski definition) is 5. The van der Waals surface area contributed by atoms with Crippen molar-refractivity contribution >= 4 is 5.91 Å². The Balaban J connectivity index is 1.62. The third-order valence-corrected chi connectivity index (χ3v) is 4.65. The summed E-state index contributed by atoms with van der Waals surface area (Å²) in [5, 5.41) is 12.1. The number of aliphatic hydroxyl groups excluding tert-OH is 1. The molecule has 1 amide bonds. The Kier molecular flexibility index (Phi) is 6.89. The first kappa shape index (κ1) is 16.7. The summed E-state index contributed by atoms with van der Waals surface area (Å²) in [5.41, 5.74) is 0. The van der Waals surface area contributed by atoms with Crippen LogP contribution in [-0.4, -0.2) is 97.3 Å². The number of rotatable bonds is 6. The van der Waals surface area contributed by atoms with E-state index in [-0.39, 0.29) is 12.5 Å². The van der Waals surface area contributed by atoms with Gasteiger partial charge in [0, 0.05) is 51.9 Å². The Morgan fingerprint density at radius 2 is 1.67 bits per heavy atom. The summed E-state index contributed by atoms with van der Waals surface area (Å²) in [5.74, 6) is 0.167. The van der Waals surface area contributed by atoms with Crippen LogP contribution in [0.1, 0.15) is 19.8 Å². The molecule has 0 radical (unpaired) electrons. The van der Waals surface area contributed by atoms with Crippen molar-refractivity contribution in [1.29, 1.82) is 0 Å². The average Bonchev–Trinajstić information content (AvgIpc) is 2.50. The Bertz CT molecular complexity index is 311. The quantitative estimate of drug-likeness (QED) is 0.672. The van der Waals surface area contributed by atoms with E-state index in [0.29, 0.717) is 12.6 Å². The van der Waals surface area contributed by atoms with Crippen molar-refractivity contribution in [2.24, 2.45) is 0 Å². The van der Waals surface area contributed by atoms with Gasteiger partial charge in [-0.2, -0.15) is 0 Å². The number of aliphatic hydroxyl groups is 1. The Morgan fingerprint density at radius 3 is 2.24 bits per heavy atom. The first-order valence-corrected chi connectivity index (χ1v) is 8.28. The maximum Gasteiger partial charge on any atom is 0.234 e. The highest BCUT2D eigenvalue weighted by molar-refractivity contribution is 5.78. The molecule has 122 valence electrons. The minimum Gasteiger partial charge on any atom is -0.395 e. The summed E-state index contributed by atoms with van der Waals surface area (Å²) in [4.78, 5) is 19.0. The first-order chi connectivity index (χ1) is 10.2. The molecule has 0 atom stereocenters. The minimum absolute atomic E-state index is 0.167. The molecule has 0 saturated carbocycles. The predicted molar refractivity (Wildman–Crippen MR) is 83.2 cm³/mol. The lowest BCUT2D eigenvalue weighted by molar-refractivity contribution is -0.123. The highest BCUT2D eigenvalue weighted by atomic mass is 16.3. The maximum atomic E-state index is 12.1. The Labute approximate surface area is 128 Å². The van der Waals surface area contributed by atoms with Crippen LogP contribution in [0.25, 0.3) is 0 Å². The highest BCUT2D eigenvalue weighted by Crippen LogP contribution is 2.09. The molecule has 2 fully saturated rings. The van der Waals surface area contributed by atoms with Crippen LogP contribution in [0.5, 0.6) is 0 Å². The predicted octanol–water partition coefficient (Wildman–Crippen LogP) is -0.803. The largest absolute Gasteiger partial charge is 0.395 e. The molecular formula is C15H30N4O2. The fourth-order valence-corrected chi connectivity index (χ4v) is 3.18. The molecule has 2 rings (SSSR count). The number of piperidine rings is 1. The van der Waals surface area contributed by atoms with Crippen LogP contribution < -0.4 is 5.32 Å². The molecule has 2 aliphatic rings. The molecule has 0 spiro atoms. The minimum atomic E-state index is 0.167. The fraction of sp³-hybridized carbons (Fsp3) is 0.933.